The average Bonchev–Trinajstić information content (AvgIpc) is 3.46. The van der Waals surface area contributed by atoms with Gasteiger partial charge < -0.3 is 19.9 Å². The number of ether oxygens (including phenoxy) is 1. The molecule has 7 heteroatoms. The van der Waals surface area contributed by atoms with Crippen LogP contribution in [0.5, 0.6) is 11.5 Å². The lowest BCUT2D eigenvalue weighted by Gasteiger charge is -2.62. The van der Waals surface area contributed by atoms with Crippen LogP contribution in [-0.2, 0) is 18.3 Å². The van der Waals surface area contributed by atoms with E-state index in [0.717, 1.165) is 65.3 Å². The summed E-state index contributed by atoms with van der Waals surface area (Å²) in [6, 6.07) is 9.82. The third kappa shape index (κ3) is 2.20. The van der Waals surface area contributed by atoms with Crippen molar-refractivity contribution in [1.29, 1.82) is 0 Å². The number of aromatic amines is 1. The Balaban J connectivity index is 1.39. The Labute approximate surface area is 202 Å². The van der Waals surface area contributed by atoms with Crippen molar-refractivity contribution in [2.45, 2.75) is 55.3 Å². The SMILES string of the molecule is Oc1ccc2c3c1O[C@H]1c4[nH]c5cc(N=C=S)ccc5c4C[C@@]4(O)[C@@H](C2)N(CC2CC2)CC[C@]314. The number of rotatable bonds is 3. The van der Waals surface area contributed by atoms with Gasteiger partial charge >= 0.3 is 0 Å². The fourth-order valence-electron chi connectivity index (χ4n) is 7.74. The zero-order valence-electron chi connectivity index (χ0n) is 18.7. The van der Waals surface area contributed by atoms with Gasteiger partial charge in [0.25, 0.3) is 0 Å². The molecule has 0 radical (unpaired) electrons. The number of hydrogen-bond acceptors (Lipinski definition) is 6. The molecule has 1 saturated heterocycles. The number of piperidine rings is 1. The molecule has 1 aromatic heterocycles. The maximum atomic E-state index is 12.8. The van der Waals surface area contributed by atoms with E-state index >= 15 is 0 Å². The Hall–Kier alpha value is -2.70. The number of thiocarbonyl (C=S) groups is 1. The molecule has 6 nitrogen and oxygen atoms in total. The van der Waals surface area contributed by atoms with Gasteiger partial charge in [-0.15, -0.1) is 0 Å². The fraction of sp³-hybridized carbons (Fsp3) is 0.444. The van der Waals surface area contributed by atoms with Gasteiger partial charge in [0.15, 0.2) is 17.6 Å². The Bertz CT molecular complexity index is 1460. The quantitative estimate of drug-likeness (QED) is 0.392. The van der Waals surface area contributed by atoms with Crippen molar-refractivity contribution in [2.24, 2.45) is 10.9 Å². The lowest BCUT2D eigenvalue weighted by Crippen LogP contribution is -2.74. The van der Waals surface area contributed by atoms with Gasteiger partial charge in [-0.3, -0.25) is 4.90 Å². The molecular weight excluding hydrogens is 446 g/mol. The van der Waals surface area contributed by atoms with E-state index in [1.54, 1.807) is 6.07 Å². The van der Waals surface area contributed by atoms with Crippen LogP contribution >= 0.6 is 12.2 Å². The highest BCUT2D eigenvalue weighted by molar-refractivity contribution is 7.78. The van der Waals surface area contributed by atoms with Crippen LogP contribution in [0.2, 0.25) is 0 Å². The molecule has 4 atom stereocenters. The zero-order valence-corrected chi connectivity index (χ0v) is 19.5. The molecule has 8 rings (SSSR count). The van der Waals surface area contributed by atoms with Gasteiger partial charge in [0.1, 0.15) is 0 Å². The van der Waals surface area contributed by atoms with E-state index in [0.29, 0.717) is 12.2 Å². The van der Waals surface area contributed by atoms with Gasteiger partial charge in [0, 0.05) is 35.5 Å². The summed E-state index contributed by atoms with van der Waals surface area (Å²) < 4.78 is 6.62. The first kappa shape index (κ1) is 19.6. The standard InChI is InChI=1S/C27H25N3O3S/c31-20-6-3-15-9-21-27(32)11-18-17-5-4-16(28-13-34)10-19(17)29-23(18)25-26(27,22(15)24(20)33-25)7-8-30(21)12-14-1-2-14/h3-6,10,14,21,25,29,31-32H,1-2,7-9,11-12H2/t21-,25+,26+,27-/m1/s1. The molecule has 34 heavy (non-hydrogen) atoms. The summed E-state index contributed by atoms with van der Waals surface area (Å²) in [6.07, 6.45) is 4.40. The highest BCUT2D eigenvalue weighted by Gasteiger charge is 2.72. The van der Waals surface area contributed by atoms with Crippen LogP contribution in [0.1, 0.15) is 47.8 Å². The molecule has 3 aromatic rings. The number of nitrogens with one attached hydrogen (secondary N) is 1. The lowest BCUT2D eigenvalue weighted by atomic mass is 9.49. The molecule has 1 spiro atoms. The minimum Gasteiger partial charge on any atom is -0.504 e. The topological polar surface area (TPSA) is 81.1 Å². The van der Waals surface area contributed by atoms with Crippen LogP contribution in [0.3, 0.4) is 0 Å². The second-order valence-electron chi connectivity index (χ2n) is 10.9. The number of nitrogens with zero attached hydrogens (tertiary/aromatic N) is 2. The van der Waals surface area contributed by atoms with Crippen molar-refractivity contribution < 1.29 is 14.9 Å². The average molecular weight is 472 g/mol. The van der Waals surface area contributed by atoms with Crippen molar-refractivity contribution in [3.05, 3.63) is 52.7 Å². The highest BCUT2D eigenvalue weighted by atomic mass is 32.1. The second-order valence-corrected chi connectivity index (χ2v) is 11.1. The maximum absolute atomic E-state index is 12.8. The summed E-state index contributed by atoms with van der Waals surface area (Å²) in [4.78, 5) is 10.3. The summed E-state index contributed by atoms with van der Waals surface area (Å²) in [5.74, 6) is 1.49. The van der Waals surface area contributed by atoms with Crippen molar-refractivity contribution >= 4 is 34.0 Å². The summed E-state index contributed by atoms with van der Waals surface area (Å²) in [5.41, 5.74) is 4.56. The number of aliphatic imine (C=N–C) groups is 1. The first-order valence-electron chi connectivity index (χ1n) is 12.2. The Morgan fingerprint density at radius 1 is 1.26 bits per heavy atom. The van der Waals surface area contributed by atoms with Gasteiger partial charge in [-0.05, 0) is 79.7 Å². The summed E-state index contributed by atoms with van der Waals surface area (Å²) >= 11 is 4.80. The number of likely N-dealkylation sites (tertiary alicyclic amines) is 1. The molecule has 3 heterocycles. The van der Waals surface area contributed by atoms with Crippen LogP contribution < -0.4 is 4.74 Å². The van der Waals surface area contributed by atoms with E-state index in [1.807, 2.05) is 18.2 Å². The fourth-order valence-corrected chi connectivity index (χ4v) is 7.85. The molecule has 3 N–H and O–H groups in total. The number of benzene rings is 2. The smallest absolute Gasteiger partial charge is 0.166 e. The minimum atomic E-state index is -0.968. The Kier molecular flexibility index (Phi) is 3.63. The highest BCUT2D eigenvalue weighted by Crippen LogP contribution is 2.69. The number of phenolic OH excluding ortho intramolecular Hbond substituents is 1. The van der Waals surface area contributed by atoms with E-state index in [1.165, 1.54) is 18.4 Å². The van der Waals surface area contributed by atoms with E-state index in [-0.39, 0.29) is 17.9 Å². The molecule has 1 saturated carbocycles. The Morgan fingerprint density at radius 2 is 2.15 bits per heavy atom. The molecule has 172 valence electrons. The first-order chi connectivity index (χ1) is 16.5. The van der Waals surface area contributed by atoms with Crippen LogP contribution in [0, 0.1) is 5.92 Å². The molecule has 0 amide bonds. The summed E-state index contributed by atoms with van der Waals surface area (Å²) in [6.45, 7) is 2.01. The third-order valence-electron chi connectivity index (χ3n) is 9.32. The number of isothiocyanates is 1. The largest absolute Gasteiger partial charge is 0.504 e. The number of H-pyrrole nitrogens is 1. The molecular formula is C27H25N3O3S. The normalized spacial score (nSPS) is 32.6. The van der Waals surface area contributed by atoms with Crippen molar-refractivity contribution in [3.8, 4) is 11.5 Å². The molecule has 2 aliphatic heterocycles. The van der Waals surface area contributed by atoms with Crippen LogP contribution in [-0.4, -0.2) is 50.0 Å². The first-order valence-corrected chi connectivity index (χ1v) is 12.6. The van der Waals surface area contributed by atoms with Crippen molar-refractivity contribution in [3.63, 3.8) is 0 Å². The number of phenols is 1. The summed E-state index contributed by atoms with van der Waals surface area (Å²) in [5, 5.41) is 27.1. The number of aliphatic hydroxyl groups is 1. The molecule has 3 aliphatic carbocycles. The summed E-state index contributed by atoms with van der Waals surface area (Å²) in [7, 11) is 0. The minimum absolute atomic E-state index is 0.0349. The third-order valence-corrected chi connectivity index (χ3v) is 9.41. The number of aromatic hydroxyl groups is 1. The van der Waals surface area contributed by atoms with Gasteiger partial charge in [-0.25, -0.2) is 0 Å². The lowest BCUT2D eigenvalue weighted by molar-refractivity contribution is -0.173. The zero-order chi connectivity index (χ0) is 22.8. The molecule has 5 aliphatic rings. The van der Waals surface area contributed by atoms with E-state index < -0.39 is 11.0 Å². The van der Waals surface area contributed by atoms with E-state index in [4.69, 9.17) is 17.0 Å². The number of aromatic nitrogens is 1. The number of fused-ring (bicyclic) bond motifs is 4. The maximum Gasteiger partial charge on any atom is 0.166 e. The Morgan fingerprint density at radius 3 is 2.97 bits per heavy atom. The molecule has 0 unspecified atom stereocenters. The van der Waals surface area contributed by atoms with Crippen molar-refractivity contribution in [2.75, 3.05) is 13.1 Å². The van der Waals surface area contributed by atoms with E-state index in [2.05, 4.69) is 26.1 Å². The van der Waals surface area contributed by atoms with Gasteiger partial charge in [-0.2, -0.15) is 4.99 Å². The molecule has 2 fully saturated rings. The van der Waals surface area contributed by atoms with Crippen LogP contribution in [0.25, 0.3) is 10.9 Å². The van der Waals surface area contributed by atoms with Gasteiger partial charge in [0.2, 0.25) is 0 Å². The predicted molar refractivity (Wildman–Crippen MR) is 131 cm³/mol. The van der Waals surface area contributed by atoms with E-state index in [9.17, 15) is 10.2 Å². The van der Waals surface area contributed by atoms with Crippen molar-refractivity contribution in [1.82, 2.24) is 9.88 Å². The van der Waals surface area contributed by atoms with Gasteiger partial charge in [0.05, 0.1) is 27.6 Å². The molecule has 2 bridgehead atoms. The number of hydrogen-bond donors (Lipinski definition) is 3. The second kappa shape index (κ2) is 6.29. The van der Waals surface area contributed by atoms with Gasteiger partial charge in [-0.1, -0.05) is 12.1 Å². The monoisotopic (exact) mass is 471 g/mol. The predicted octanol–water partition coefficient (Wildman–Crippen LogP) is 4.31. The molecule has 2 aromatic carbocycles. The van der Waals surface area contributed by atoms with Crippen LogP contribution in [0.4, 0.5) is 5.69 Å². The van der Waals surface area contributed by atoms with Crippen LogP contribution in [0.15, 0.2) is 35.3 Å².